The van der Waals surface area contributed by atoms with Crippen LogP contribution in [0.2, 0.25) is 0 Å². The van der Waals surface area contributed by atoms with E-state index in [0.29, 0.717) is 34.6 Å². The van der Waals surface area contributed by atoms with E-state index in [-0.39, 0.29) is 36.0 Å². The topological polar surface area (TPSA) is 72.9 Å². The van der Waals surface area contributed by atoms with Crippen LogP contribution in [0.15, 0.2) is 48.5 Å². The molecule has 1 heterocycles. The quantitative estimate of drug-likeness (QED) is 0.543. The van der Waals surface area contributed by atoms with Gasteiger partial charge in [0.25, 0.3) is 0 Å². The second-order valence-corrected chi connectivity index (χ2v) is 8.33. The summed E-state index contributed by atoms with van der Waals surface area (Å²) in [6.45, 7) is -0.110. The van der Waals surface area contributed by atoms with Crippen LogP contribution in [0.1, 0.15) is 29.6 Å². The molecule has 1 saturated heterocycles. The van der Waals surface area contributed by atoms with Gasteiger partial charge < -0.3 is 9.47 Å². The van der Waals surface area contributed by atoms with Gasteiger partial charge in [0, 0.05) is 5.56 Å². The van der Waals surface area contributed by atoms with E-state index in [1.54, 1.807) is 55.6 Å². The van der Waals surface area contributed by atoms with Gasteiger partial charge in [0.05, 0.1) is 24.6 Å². The zero-order valence-corrected chi connectivity index (χ0v) is 16.7. The summed E-state index contributed by atoms with van der Waals surface area (Å²) >= 11 is 0. The molecule has 1 aliphatic heterocycles. The molecule has 2 amide bonds. The lowest BCUT2D eigenvalue weighted by molar-refractivity contribution is -0.123. The van der Waals surface area contributed by atoms with E-state index in [1.165, 1.54) is 4.90 Å². The predicted molar refractivity (Wildman–Crippen MR) is 110 cm³/mol. The molecule has 0 spiro atoms. The predicted octanol–water partition coefficient (Wildman–Crippen LogP) is 3.49. The first-order valence-electron chi connectivity index (χ1n) is 10.3. The molecule has 2 saturated carbocycles. The minimum atomic E-state index is -0.161. The Labute approximate surface area is 174 Å². The number of imide groups is 1. The van der Waals surface area contributed by atoms with Crippen molar-refractivity contribution < 1.29 is 23.9 Å². The molecule has 5 rings (SSSR count). The van der Waals surface area contributed by atoms with Crippen LogP contribution in [0.5, 0.6) is 11.5 Å². The monoisotopic (exact) mass is 405 g/mol. The lowest BCUT2D eigenvalue weighted by Crippen LogP contribution is -2.32. The highest BCUT2D eigenvalue weighted by atomic mass is 16.5. The van der Waals surface area contributed by atoms with E-state index < -0.39 is 0 Å². The van der Waals surface area contributed by atoms with Gasteiger partial charge in [-0.05, 0) is 67.5 Å². The molecular weight excluding hydrogens is 382 g/mol. The van der Waals surface area contributed by atoms with Crippen molar-refractivity contribution >= 4 is 23.3 Å². The maximum Gasteiger partial charge on any atom is 0.237 e. The average Bonchev–Trinajstić information content (AvgIpc) is 3.46. The molecule has 154 valence electrons. The van der Waals surface area contributed by atoms with E-state index >= 15 is 0 Å². The molecule has 3 fully saturated rings. The second kappa shape index (κ2) is 7.27. The third kappa shape index (κ3) is 2.98. The lowest BCUT2D eigenvalue weighted by atomic mass is 9.81. The van der Waals surface area contributed by atoms with Crippen LogP contribution < -0.4 is 14.4 Å². The molecule has 3 aliphatic rings. The van der Waals surface area contributed by atoms with Crippen molar-refractivity contribution in [1.29, 1.82) is 0 Å². The highest BCUT2D eigenvalue weighted by Gasteiger charge is 2.61. The number of hydrogen-bond acceptors (Lipinski definition) is 5. The second-order valence-electron chi connectivity index (χ2n) is 8.33. The summed E-state index contributed by atoms with van der Waals surface area (Å²) in [5.74, 6) is 1.32. The Bertz CT molecular complexity index is 987. The summed E-state index contributed by atoms with van der Waals surface area (Å²) in [6.07, 6.45) is 3.15. The number of ether oxygens (including phenoxy) is 2. The number of benzene rings is 2. The number of amides is 2. The Kier molecular flexibility index (Phi) is 4.57. The zero-order chi connectivity index (χ0) is 20.8. The highest BCUT2D eigenvalue weighted by Crippen LogP contribution is 2.56. The number of carbonyl (C=O) groups is 3. The van der Waals surface area contributed by atoms with Gasteiger partial charge in [0.2, 0.25) is 11.8 Å². The number of carbonyl (C=O) groups excluding carboxylic acids is 3. The third-order valence-electron chi connectivity index (χ3n) is 6.78. The lowest BCUT2D eigenvalue weighted by Gasteiger charge is -2.19. The Balaban J connectivity index is 1.25. The summed E-state index contributed by atoms with van der Waals surface area (Å²) < 4.78 is 10.7. The van der Waals surface area contributed by atoms with Crippen LogP contribution >= 0.6 is 0 Å². The van der Waals surface area contributed by atoms with Crippen LogP contribution in [-0.2, 0) is 9.59 Å². The van der Waals surface area contributed by atoms with Crippen molar-refractivity contribution in [3.63, 3.8) is 0 Å². The minimum absolute atomic E-state index is 0.0564. The standard InChI is InChI=1S/C24H23NO5/c1-29-19-4-2-3-14(12-19)20(26)13-30-18-9-7-17(8-10-18)25-23(27)21-15-5-6-16(11-15)22(21)24(25)28/h2-4,7-10,12,15-16,21-22H,5-6,11,13H2,1H3/t15-,16+,21+,22-. The molecular formula is C24H23NO5. The largest absolute Gasteiger partial charge is 0.497 e. The fourth-order valence-corrected chi connectivity index (χ4v) is 5.38. The van der Waals surface area contributed by atoms with Gasteiger partial charge in [-0.3, -0.25) is 19.3 Å². The number of anilines is 1. The number of rotatable bonds is 6. The molecule has 0 N–H and O–H groups in total. The van der Waals surface area contributed by atoms with Crippen molar-refractivity contribution in [2.45, 2.75) is 19.3 Å². The maximum atomic E-state index is 12.9. The molecule has 2 aromatic carbocycles. The van der Waals surface area contributed by atoms with Gasteiger partial charge in [-0.25, -0.2) is 0 Å². The summed E-state index contributed by atoms with van der Waals surface area (Å²) in [4.78, 5) is 39.5. The van der Waals surface area contributed by atoms with E-state index in [9.17, 15) is 14.4 Å². The van der Waals surface area contributed by atoms with Gasteiger partial charge in [0.1, 0.15) is 11.5 Å². The molecule has 4 atom stereocenters. The number of methoxy groups -OCH3 is 1. The van der Waals surface area contributed by atoms with Crippen molar-refractivity contribution in [1.82, 2.24) is 0 Å². The average molecular weight is 405 g/mol. The third-order valence-corrected chi connectivity index (χ3v) is 6.78. The molecule has 0 unspecified atom stereocenters. The highest BCUT2D eigenvalue weighted by molar-refractivity contribution is 6.22. The first-order chi connectivity index (χ1) is 14.6. The van der Waals surface area contributed by atoms with Gasteiger partial charge >= 0.3 is 0 Å². The number of hydrogen-bond donors (Lipinski definition) is 0. The zero-order valence-electron chi connectivity index (χ0n) is 16.7. The van der Waals surface area contributed by atoms with Gasteiger partial charge in [-0.15, -0.1) is 0 Å². The summed E-state index contributed by atoms with van der Waals surface area (Å²) in [5.41, 5.74) is 1.09. The van der Waals surface area contributed by atoms with Gasteiger partial charge in [-0.2, -0.15) is 0 Å². The van der Waals surface area contributed by atoms with Crippen LogP contribution in [0.3, 0.4) is 0 Å². The summed E-state index contributed by atoms with van der Waals surface area (Å²) in [7, 11) is 1.55. The number of fused-ring (bicyclic) bond motifs is 5. The van der Waals surface area contributed by atoms with Crippen LogP contribution in [-0.4, -0.2) is 31.3 Å². The van der Waals surface area contributed by atoms with Crippen molar-refractivity contribution in [2.24, 2.45) is 23.7 Å². The summed E-state index contributed by atoms with van der Waals surface area (Å²) in [5, 5.41) is 0. The normalized spacial score (nSPS) is 26.8. The fourth-order valence-electron chi connectivity index (χ4n) is 5.38. The SMILES string of the molecule is COc1cccc(C(=O)COc2ccc(N3C(=O)[C@@H]4[C@H]5CC[C@H](C5)[C@@H]4C3=O)cc2)c1. The maximum absolute atomic E-state index is 12.9. The van der Waals surface area contributed by atoms with E-state index in [0.717, 1.165) is 19.3 Å². The molecule has 6 nitrogen and oxygen atoms in total. The van der Waals surface area contributed by atoms with E-state index in [1.807, 2.05) is 0 Å². The molecule has 6 heteroatoms. The molecule has 0 aromatic heterocycles. The van der Waals surface area contributed by atoms with E-state index in [2.05, 4.69) is 0 Å². The van der Waals surface area contributed by atoms with Crippen molar-refractivity contribution in [3.8, 4) is 11.5 Å². The molecule has 2 bridgehead atoms. The number of Topliss-reactive ketones (excluding diaryl/α,β-unsaturated/α-hetero) is 1. The fraction of sp³-hybridized carbons (Fsp3) is 0.375. The number of nitrogens with zero attached hydrogens (tertiary/aromatic N) is 1. The molecule has 30 heavy (non-hydrogen) atoms. The first-order valence-corrected chi connectivity index (χ1v) is 10.3. The Morgan fingerprint density at radius 3 is 2.27 bits per heavy atom. The van der Waals surface area contributed by atoms with Crippen molar-refractivity contribution in [2.75, 3.05) is 18.6 Å². The summed E-state index contributed by atoms with van der Waals surface area (Å²) in [6, 6.07) is 13.7. The molecule has 0 radical (unpaired) electrons. The molecule has 2 aliphatic carbocycles. The van der Waals surface area contributed by atoms with Gasteiger partial charge in [-0.1, -0.05) is 12.1 Å². The molecule has 2 aromatic rings. The van der Waals surface area contributed by atoms with Crippen LogP contribution in [0.4, 0.5) is 5.69 Å². The smallest absolute Gasteiger partial charge is 0.237 e. The van der Waals surface area contributed by atoms with Crippen LogP contribution in [0, 0.1) is 23.7 Å². The minimum Gasteiger partial charge on any atom is -0.497 e. The van der Waals surface area contributed by atoms with Crippen LogP contribution in [0.25, 0.3) is 0 Å². The van der Waals surface area contributed by atoms with Gasteiger partial charge in [0.15, 0.2) is 12.4 Å². The Hall–Kier alpha value is -3.15. The Morgan fingerprint density at radius 1 is 0.967 bits per heavy atom. The Morgan fingerprint density at radius 2 is 1.63 bits per heavy atom. The van der Waals surface area contributed by atoms with Crippen molar-refractivity contribution in [3.05, 3.63) is 54.1 Å². The first kappa shape index (κ1) is 18.9. The number of ketones is 1. The van der Waals surface area contributed by atoms with E-state index in [4.69, 9.17) is 9.47 Å².